The van der Waals surface area contributed by atoms with Crippen molar-refractivity contribution in [3.63, 3.8) is 0 Å². The third-order valence-electron chi connectivity index (χ3n) is 2.10. The molecule has 0 saturated carbocycles. The minimum Gasteiger partial charge on any atom is -0.329 e. The molecule has 0 spiro atoms. The lowest BCUT2D eigenvalue weighted by Crippen LogP contribution is -2.30. The van der Waals surface area contributed by atoms with Crippen molar-refractivity contribution in [3.8, 4) is 0 Å². The van der Waals surface area contributed by atoms with Gasteiger partial charge < -0.3 is 5.32 Å². The standard InChI is InChI=1S/C9H7Cl2N3O2/c10-6-1-5(2-7(11)13-6)4-14-8(15)3-12-9(14)16/h1-2H,3-4H2,(H,12,16). The number of nitrogens with one attached hydrogen (secondary N) is 1. The van der Waals surface area contributed by atoms with Crippen LogP contribution in [0.4, 0.5) is 4.79 Å². The van der Waals surface area contributed by atoms with Gasteiger partial charge in [0.1, 0.15) is 10.3 Å². The number of rotatable bonds is 2. The number of hydrogen-bond acceptors (Lipinski definition) is 3. The van der Waals surface area contributed by atoms with E-state index >= 15 is 0 Å². The number of carbonyl (C=O) groups excluding carboxylic acids is 2. The minimum atomic E-state index is -0.408. The van der Waals surface area contributed by atoms with Crippen LogP contribution in [0, 0.1) is 0 Å². The lowest BCUT2D eigenvalue weighted by atomic mass is 10.2. The summed E-state index contributed by atoms with van der Waals surface area (Å²) in [4.78, 5) is 27.5. The second-order valence-corrected chi connectivity index (χ2v) is 4.03. The first-order valence-electron chi connectivity index (χ1n) is 4.46. The monoisotopic (exact) mass is 259 g/mol. The van der Waals surface area contributed by atoms with Crippen LogP contribution in [0.25, 0.3) is 0 Å². The van der Waals surface area contributed by atoms with E-state index in [1.165, 1.54) is 0 Å². The zero-order chi connectivity index (χ0) is 11.7. The van der Waals surface area contributed by atoms with Crippen LogP contribution in [-0.4, -0.2) is 28.4 Å². The molecular weight excluding hydrogens is 253 g/mol. The average molecular weight is 260 g/mol. The van der Waals surface area contributed by atoms with E-state index in [0.717, 1.165) is 4.90 Å². The highest BCUT2D eigenvalue weighted by Crippen LogP contribution is 2.17. The number of amides is 3. The van der Waals surface area contributed by atoms with Gasteiger partial charge in [-0.2, -0.15) is 0 Å². The maximum Gasteiger partial charge on any atom is 0.324 e. The van der Waals surface area contributed by atoms with Crippen molar-refractivity contribution in [2.24, 2.45) is 0 Å². The van der Waals surface area contributed by atoms with E-state index in [2.05, 4.69) is 10.3 Å². The molecule has 2 heterocycles. The summed E-state index contributed by atoms with van der Waals surface area (Å²) < 4.78 is 0. The highest BCUT2D eigenvalue weighted by atomic mass is 35.5. The molecule has 1 aromatic rings. The van der Waals surface area contributed by atoms with E-state index in [-0.39, 0.29) is 29.3 Å². The molecule has 2 rings (SSSR count). The zero-order valence-electron chi connectivity index (χ0n) is 8.04. The van der Waals surface area contributed by atoms with Gasteiger partial charge in [-0.15, -0.1) is 0 Å². The van der Waals surface area contributed by atoms with Crippen molar-refractivity contribution in [3.05, 3.63) is 28.0 Å². The maximum absolute atomic E-state index is 11.3. The van der Waals surface area contributed by atoms with Gasteiger partial charge in [-0.05, 0) is 17.7 Å². The van der Waals surface area contributed by atoms with Crippen LogP contribution in [0.1, 0.15) is 5.56 Å². The predicted octanol–water partition coefficient (Wildman–Crippen LogP) is 1.44. The smallest absolute Gasteiger partial charge is 0.324 e. The van der Waals surface area contributed by atoms with Crippen molar-refractivity contribution < 1.29 is 9.59 Å². The Kier molecular flexibility index (Phi) is 2.98. The largest absolute Gasteiger partial charge is 0.329 e. The normalized spacial score (nSPS) is 15.5. The first kappa shape index (κ1) is 11.2. The number of pyridine rings is 1. The molecule has 1 saturated heterocycles. The summed E-state index contributed by atoms with van der Waals surface area (Å²) in [6, 6.07) is 2.72. The summed E-state index contributed by atoms with van der Waals surface area (Å²) in [6.07, 6.45) is 0. The minimum absolute atomic E-state index is 0.0331. The molecule has 84 valence electrons. The van der Waals surface area contributed by atoms with Crippen molar-refractivity contribution in [1.29, 1.82) is 0 Å². The van der Waals surface area contributed by atoms with Gasteiger partial charge in [0.25, 0.3) is 0 Å². The molecule has 0 atom stereocenters. The quantitative estimate of drug-likeness (QED) is 0.646. The molecule has 1 N–H and O–H groups in total. The van der Waals surface area contributed by atoms with Gasteiger partial charge in [-0.25, -0.2) is 9.78 Å². The average Bonchev–Trinajstić information content (AvgIpc) is 2.48. The van der Waals surface area contributed by atoms with Crippen molar-refractivity contribution >= 4 is 35.1 Å². The molecule has 16 heavy (non-hydrogen) atoms. The molecule has 1 aromatic heterocycles. The number of halogens is 2. The first-order chi connectivity index (χ1) is 7.56. The van der Waals surface area contributed by atoms with Crippen molar-refractivity contribution in [2.75, 3.05) is 6.54 Å². The van der Waals surface area contributed by atoms with Gasteiger partial charge >= 0.3 is 6.03 Å². The molecule has 7 heteroatoms. The Labute approximate surface area is 101 Å². The Hall–Kier alpha value is -1.33. The summed E-state index contributed by atoms with van der Waals surface area (Å²) in [7, 11) is 0. The SMILES string of the molecule is O=C1CNC(=O)N1Cc1cc(Cl)nc(Cl)c1. The summed E-state index contributed by atoms with van der Waals surface area (Å²) in [5.41, 5.74) is 0.662. The van der Waals surface area contributed by atoms with E-state index in [0.29, 0.717) is 5.56 Å². The molecular formula is C9H7Cl2N3O2. The summed E-state index contributed by atoms with van der Waals surface area (Å²) >= 11 is 11.4. The Balaban J connectivity index is 2.20. The first-order valence-corrected chi connectivity index (χ1v) is 5.22. The third kappa shape index (κ3) is 2.25. The third-order valence-corrected chi connectivity index (χ3v) is 2.49. The maximum atomic E-state index is 11.3. The summed E-state index contributed by atoms with van der Waals surface area (Å²) in [5.74, 6) is -0.269. The van der Waals surface area contributed by atoms with Gasteiger partial charge in [0, 0.05) is 0 Å². The number of imide groups is 1. The molecule has 1 aliphatic heterocycles. The molecule has 1 fully saturated rings. The summed E-state index contributed by atoms with van der Waals surface area (Å²) in [6.45, 7) is 0.179. The number of hydrogen-bond donors (Lipinski definition) is 1. The molecule has 5 nitrogen and oxygen atoms in total. The fraction of sp³-hybridized carbons (Fsp3) is 0.222. The number of carbonyl (C=O) groups is 2. The van der Waals surface area contributed by atoms with E-state index in [9.17, 15) is 9.59 Å². The molecule has 1 aliphatic rings. The number of urea groups is 1. The Morgan fingerprint density at radius 1 is 1.31 bits per heavy atom. The Morgan fingerprint density at radius 3 is 2.44 bits per heavy atom. The van der Waals surface area contributed by atoms with Gasteiger partial charge in [0.2, 0.25) is 5.91 Å². The van der Waals surface area contributed by atoms with Gasteiger partial charge in [0.05, 0.1) is 13.1 Å². The van der Waals surface area contributed by atoms with Crippen LogP contribution >= 0.6 is 23.2 Å². The summed E-state index contributed by atoms with van der Waals surface area (Å²) in [5, 5.41) is 2.89. The van der Waals surface area contributed by atoms with Gasteiger partial charge in [0.15, 0.2) is 0 Å². The predicted molar refractivity (Wildman–Crippen MR) is 58.2 cm³/mol. The van der Waals surface area contributed by atoms with Crippen LogP contribution < -0.4 is 5.32 Å². The van der Waals surface area contributed by atoms with Crippen molar-refractivity contribution in [1.82, 2.24) is 15.2 Å². The van der Waals surface area contributed by atoms with Crippen LogP contribution in [0.2, 0.25) is 10.3 Å². The number of aromatic nitrogens is 1. The number of nitrogens with zero attached hydrogens (tertiary/aromatic N) is 2. The van der Waals surface area contributed by atoms with Crippen LogP contribution in [0.5, 0.6) is 0 Å². The Morgan fingerprint density at radius 2 is 1.94 bits per heavy atom. The van der Waals surface area contributed by atoms with Crippen LogP contribution in [-0.2, 0) is 11.3 Å². The highest BCUT2D eigenvalue weighted by molar-refractivity contribution is 6.32. The second-order valence-electron chi connectivity index (χ2n) is 3.26. The molecule has 0 aliphatic carbocycles. The molecule has 0 unspecified atom stereocenters. The second kappa shape index (κ2) is 4.27. The van der Waals surface area contributed by atoms with Crippen LogP contribution in [0.3, 0.4) is 0 Å². The Bertz CT molecular complexity index is 428. The molecule has 0 radical (unpaired) electrons. The highest BCUT2D eigenvalue weighted by Gasteiger charge is 2.28. The fourth-order valence-corrected chi connectivity index (χ4v) is 1.91. The molecule has 0 aromatic carbocycles. The zero-order valence-corrected chi connectivity index (χ0v) is 9.55. The van der Waals surface area contributed by atoms with E-state index in [1.54, 1.807) is 12.1 Å². The topological polar surface area (TPSA) is 62.3 Å². The molecule has 0 bridgehead atoms. The molecule has 3 amide bonds. The van der Waals surface area contributed by atoms with Crippen LogP contribution in [0.15, 0.2) is 12.1 Å². The van der Waals surface area contributed by atoms with Gasteiger partial charge in [-0.1, -0.05) is 23.2 Å². The lowest BCUT2D eigenvalue weighted by molar-refractivity contribution is -0.125. The van der Waals surface area contributed by atoms with E-state index in [4.69, 9.17) is 23.2 Å². The fourth-order valence-electron chi connectivity index (χ4n) is 1.40. The van der Waals surface area contributed by atoms with Crippen molar-refractivity contribution in [2.45, 2.75) is 6.54 Å². The lowest BCUT2D eigenvalue weighted by Gasteiger charge is -2.12. The van der Waals surface area contributed by atoms with Gasteiger partial charge in [-0.3, -0.25) is 9.69 Å². The van der Waals surface area contributed by atoms with E-state index < -0.39 is 6.03 Å². The van der Waals surface area contributed by atoms with E-state index in [1.807, 2.05) is 0 Å².